The van der Waals surface area contributed by atoms with E-state index in [-0.39, 0.29) is 6.04 Å². The molecule has 0 aliphatic heterocycles. The van der Waals surface area contributed by atoms with E-state index in [0.29, 0.717) is 0 Å². The molecule has 0 amide bonds. The van der Waals surface area contributed by atoms with Crippen LogP contribution in [0.1, 0.15) is 34.5 Å². The highest BCUT2D eigenvalue weighted by Crippen LogP contribution is 2.41. The summed E-state index contributed by atoms with van der Waals surface area (Å²) in [6.07, 6.45) is 2.61. The van der Waals surface area contributed by atoms with E-state index in [1.807, 2.05) is 6.92 Å². The highest BCUT2D eigenvalue weighted by Gasteiger charge is 2.31. The molecule has 2 rings (SSSR count). The van der Waals surface area contributed by atoms with Crippen LogP contribution in [0.25, 0.3) is 0 Å². The highest BCUT2D eigenvalue weighted by molar-refractivity contribution is 7.11. The van der Waals surface area contributed by atoms with Gasteiger partial charge in [0, 0.05) is 10.9 Å². The van der Waals surface area contributed by atoms with E-state index < -0.39 is 0 Å². The van der Waals surface area contributed by atoms with Crippen LogP contribution in [-0.4, -0.2) is 4.98 Å². The minimum absolute atomic E-state index is 0.260. The highest BCUT2D eigenvalue weighted by atomic mass is 32.1. The van der Waals surface area contributed by atoms with Gasteiger partial charge in [-0.05, 0) is 32.6 Å². The SMILES string of the molecule is Cc1nc(C)c(C(N)C2CC2)s1. The third-order valence-electron chi connectivity index (χ3n) is 2.37. The number of aryl methyl sites for hydroxylation is 2. The Morgan fingerprint density at radius 1 is 1.50 bits per heavy atom. The fraction of sp³-hybridized carbons (Fsp3) is 0.667. The molecule has 0 spiro atoms. The zero-order valence-electron chi connectivity index (χ0n) is 7.50. The van der Waals surface area contributed by atoms with E-state index in [4.69, 9.17) is 5.73 Å². The first kappa shape index (κ1) is 8.20. The second-order valence-electron chi connectivity index (χ2n) is 3.55. The molecule has 1 saturated carbocycles. The fourth-order valence-corrected chi connectivity index (χ4v) is 2.55. The third-order valence-corrected chi connectivity index (χ3v) is 3.55. The Labute approximate surface area is 76.8 Å². The Hall–Kier alpha value is -0.410. The first-order valence-corrected chi connectivity index (χ1v) is 5.19. The van der Waals surface area contributed by atoms with Crippen LogP contribution in [0.5, 0.6) is 0 Å². The third kappa shape index (κ3) is 1.39. The lowest BCUT2D eigenvalue weighted by Gasteiger charge is -2.07. The second-order valence-corrected chi connectivity index (χ2v) is 4.78. The average molecular weight is 182 g/mol. The number of hydrogen-bond donors (Lipinski definition) is 1. The average Bonchev–Trinajstić information content (AvgIpc) is 2.77. The van der Waals surface area contributed by atoms with Crippen LogP contribution in [0.2, 0.25) is 0 Å². The van der Waals surface area contributed by atoms with Gasteiger partial charge in [0.25, 0.3) is 0 Å². The summed E-state index contributed by atoms with van der Waals surface area (Å²) < 4.78 is 0. The van der Waals surface area contributed by atoms with Crippen LogP contribution >= 0.6 is 11.3 Å². The number of aromatic nitrogens is 1. The van der Waals surface area contributed by atoms with Gasteiger partial charge >= 0.3 is 0 Å². The summed E-state index contributed by atoms with van der Waals surface area (Å²) in [6, 6.07) is 0.260. The normalized spacial score (nSPS) is 19.6. The molecule has 0 radical (unpaired) electrons. The lowest BCUT2D eigenvalue weighted by Crippen LogP contribution is -2.11. The van der Waals surface area contributed by atoms with E-state index in [1.165, 1.54) is 17.7 Å². The van der Waals surface area contributed by atoms with Gasteiger partial charge in [0.2, 0.25) is 0 Å². The van der Waals surface area contributed by atoms with E-state index in [2.05, 4.69) is 11.9 Å². The molecule has 1 unspecified atom stereocenters. The van der Waals surface area contributed by atoms with Crippen LogP contribution in [-0.2, 0) is 0 Å². The number of thiazole rings is 1. The minimum atomic E-state index is 0.260. The first-order chi connectivity index (χ1) is 5.68. The Kier molecular flexibility index (Phi) is 1.93. The molecule has 2 nitrogen and oxygen atoms in total. The smallest absolute Gasteiger partial charge is 0.0900 e. The zero-order valence-corrected chi connectivity index (χ0v) is 8.32. The predicted molar refractivity (Wildman–Crippen MR) is 51.2 cm³/mol. The molecule has 12 heavy (non-hydrogen) atoms. The number of rotatable bonds is 2. The topological polar surface area (TPSA) is 38.9 Å². The van der Waals surface area contributed by atoms with Crippen LogP contribution in [0.3, 0.4) is 0 Å². The molecule has 1 aromatic heterocycles. The van der Waals surface area contributed by atoms with E-state index in [0.717, 1.165) is 16.6 Å². The van der Waals surface area contributed by atoms with Crippen molar-refractivity contribution in [3.05, 3.63) is 15.6 Å². The van der Waals surface area contributed by atoms with Gasteiger partial charge in [-0.15, -0.1) is 11.3 Å². The number of nitrogens with two attached hydrogens (primary N) is 1. The molecule has 0 bridgehead atoms. The lowest BCUT2D eigenvalue weighted by atomic mass is 10.1. The summed E-state index contributed by atoms with van der Waals surface area (Å²) in [4.78, 5) is 5.68. The van der Waals surface area contributed by atoms with Gasteiger partial charge in [-0.2, -0.15) is 0 Å². The van der Waals surface area contributed by atoms with Gasteiger partial charge in [0.1, 0.15) is 0 Å². The molecule has 1 fully saturated rings. The zero-order chi connectivity index (χ0) is 8.72. The van der Waals surface area contributed by atoms with E-state index in [1.54, 1.807) is 11.3 Å². The van der Waals surface area contributed by atoms with Crippen LogP contribution in [0.15, 0.2) is 0 Å². The largest absolute Gasteiger partial charge is 0.323 e. The summed E-state index contributed by atoms with van der Waals surface area (Å²) in [5, 5.41) is 1.14. The van der Waals surface area contributed by atoms with Crippen molar-refractivity contribution in [3.63, 3.8) is 0 Å². The van der Waals surface area contributed by atoms with Gasteiger partial charge in [0.05, 0.1) is 10.7 Å². The summed E-state index contributed by atoms with van der Waals surface area (Å²) >= 11 is 1.75. The van der Waals surface area contributed by atoms with Gasteiger partial charge in [0.15, 0.2) is 0 Å². The van der Waals surface area contributed by atoms with Crippen LogP contribution < -0.4 is 5.73 Å². The van der Waals surface area contributed by atoms with Crippen LogP contribution in [0.4, 0.5) is 0 Å². The monoisotopic (exact) mass is 182 g/mol. The van der Waals surface area contributed by atoms with Crippen molar-refractivity contribution in [3.8, 4) is 0 Å². The Bertz CT molecular complexity index is 289. The van der Waals surface area contributed by atoms with E-state index in [9.17, 15) is 0 Å². The van der Waals surface area contributed by atoms with Crippen molar-refractivity contribution in [1.29, 1.82) is 0 Å². The molecule has 1 atom stereocenters. The van der Waals surface area contributed by atoms with E-state index >= 15 is 0 Å². The van der Waals surface area contributed by atoms with Crippen molar-refractivity contribution in [2.45, 2.75) is 32.7 Å². The summed E-state index contributed by atoms with van der Waals surface area (Å²) in [5.74, 6) is 0.739. The summed E-state index contributed by atoms with van der Waals surface area (Å²) in [5.41, 5.74) is 7.22. The molecular weight excluding hydrogens is 168 g/mol. The van der Waals surface area contributed by atoms with Gasteiger partial charge in [-0.1, -0.05) is 0 Å². The maximum absolute atomic E-state index is 6.08. The van der Waals surface area contributed by atoms with Crippen molar-refractivity contribution < 1.29 is 0 Å². The summed E-state index contributed by atoms with van der Waals surface area (Å²) in [6.45, 7) is 4.10. The molecular formula is C9H14N2S. The van der Waals surface area contributed by atoms with Crippen molar-refractivity contribution >= 4 is 11.3 Å². The molecule has 0 aromatic carbocycles. The molecule has 1 aromatic rings. The quantitative estimate of drug-likeness (QED) is 0.761. The van der Waals surface area contributed by atoms with Crippen molar-refractivity contribution in [2.75, 3.05) is 0 Å². The molecule has 2 N–H and O–H groups in total. The standard InChI is InChI=1S/C9H14N2S/c1-5-9(12-6(2)11-5)8(10)7-3-4-7/h7-8H,3-4,10H2,1-2H3. The maximum Gasteiger partial charge on any atom is 0.0900 e. The minimum Gasteiger partial charge on any atom is -0.323 e. The maximum atomic E-state index is 6.08. The van der Waals surface area contributed by atoms with Gasteiger partial charge in [-0.3, -0.25) is 0 Å². The Morgan fingerprint density at radius 2 is 2.17 bits per heavy atom. The lowest BCUT2D eigenvalue weighted by molar-refractivity contribution is 0.639. The molecule has 1 heterocycles. The molecule has 3 heteroatoms. The first-order valence-electron chi connectivity index (χ1n) is 4.38. The molecule has 1 aliphatic carbocycles. The number of nitrogens with zero attached hydrogens (tertiary/aromatic N) is 1. The Morgan fingerprint density at radius 3 is 2.58 bits per heavy atom. The van der Waals surface area contributed by atoms with Crippen molar-refractivity contribution in [1.82, 2.24) is 4.98 Å². The Balaban J connectivity index is 2.25. The van der Waals surface area contributed by atoms with Crippen LogP contribution in [0, 0.1) is 19.8 Å². The number of hydrogen-bond acceptors (Lipinski definition) is 3. The summed E-state index contributed by atoms with van der Waals surface area (Å²) in [7, 11) is 0. The fourth-order valence-electron chi connectivity index (χ4n) is 1.53. The van der Waals surface area contributed by atoms with Gasteiger partial charge in [-0.25, -0.2) is 4.98 Å². The molecule has 1 aliphatic rings. The predicted octanol–water partition coefficient (Wildman–Crippen LogP) is 2.17. The molecule has 66 valence electrons. The second kappa shape index (κ2) is 2.82. The molecule has 0 saturated heterocycles. The van der Waals surface area contributed by atoms with Gasteiger partial charge < -0.3 is 5.73 Å². The van der Waals surface area contributed by atoms with Crippen molar-refractivity contribution in [2.24, 2.45) is 11.7 Å².